The van der Waals surface area contributed by atoms with Gasteiger partial charge in [0, 0.05) is 24.5 Å². The third-order valence-corrected chi connectivity index (χ3v) is 2.57. The lowest BCUT2D eigenvalue weighted by atomic mass is 10.1. The molecule has 0 spiro atoms. The van der Waals surface area contributed by atoms with Gasteiger partial charge in [-0.05, 0) is 30.7 Å². The predicted molar refractivity (Wildman–Crippen MR) is 71.1 cm³/mol. The molecular weight excluding hydrogens is 226 g/mol. The summed E-state index contributed by atoms with van der Waals surface area (Å²) in [6.45, 7) is 3.21. The van der Waals surface area contributed by atoms with Crippen LogP contribution in [0.4, 0.5) is 0 Å². The minimum atomic E-state index is 0.386. The quantitative estimate of drug-likeness (QED) is 0.876. The fraction of sp³-hybridized carbons (Fsp3) is 0.286. The van der Waals surface area contributed by atoms with Gasteiger partial charge in [-0.3, -0.25) is 9.97 Å². The average molecular weight is 243 g/mol. The molecule has 94 valence electrons. The average Bonchev–Trinajstić information content (AvgIpc) is 2.45. The van der Waals surface area contributed by atoms with E-state index in [-0.39, 0.29) is 0 Å². The molecule has 0 aliphatic rings. The van der Waals surface area contributed by atoms with Crippen LogP contribution in [-0.4, -0.2) is 16.6 Å². The van der Waals surface area contributed by atoms with Gasteiger partial charge in [-0.25, -0.2) is 0 Å². The summed E-state index contributed by atoms with van der Waals surface area (Å²) in [5.74, 6) is 0.874. The first kappa shape index (κ1) is 12.5. The van der Waals surface area contributed by atoms with Crippen LogP contribution in [0.1, 0.15) is 19.0 Å². The summed E-state index contributed by atoms with van der Waals surface area (Å²) < 4.78 is 5.54. The van der Waals surface area contributed by atoms with Crippen molar-refractivity contribution < 1.29 is 4.74 Å². The second kappa shape index (κ2) is 6.12. The van der Waals surface area contributed by atoms with E-state index < -0.39 is 0 Å². The Balaban J connectivity index is 2.23. The first-order valence-corrected chi connectivity index (χ1v) is 6.08. The highest BCUT2D eigenvalue weighted by atomic mass is 16.5. The molecule has 0 bridgehead atoms. The van der Waals surface area contributed by atoms with E-state index in [0.29, 0.717) is 6.54 Å². The van der Waals surface area contributed by atoms with Crippen LogP contribution in [0.2, 0.25) is 0 Å². The van der Waals surface area contributed by atoms with Crippen LogP contribution >= 0.6 is 0 Å². The summed E-state index contributed by atoms with van der Waals surface area (Å²) in [5.41, 5.74) is 8.30. The lowest BCUT2D eigenvalue weighted by Gasteiger charge is -2.07. The Morgan fingerprint density at radius 3 is 2.50 bits per heavy atom. The summed E-state index contributed by atoms with van der Waals surface area (Å²) in [6.07, 6.45) is 4.34. The largest absolute Gasteiger partial charge is 0.494 e. The van der Waals surface area contributed by atoms with Crippen molar-refractivity contribution in [1.29, 1.82) is 0 Å². The van der Waals surface area contributed by atoms with Gasteiger partial charge < -0.3 is 10.5 Å². The number of nitrogens with zero attached hydrogens (tertiary/aromatic N) is 2. The van der Waals surface area contributed by atoms with E-state index in [1.54, 1.807) is 12.4 Å². The number of benzene rings is 1. The van der Waals surface area contributed by atoms with Crippen molar-refractivity contribution in [3.8, 4) is 17.0 Å². The van der Waals surface area contributed by atoms with Crippen LogP contribution in [-0.2, 0) is 6.54 Å². The Labute approximate surface area is 107 Å². The minimum Gasteiger partial charge on any atom is -0.494 e. The van der Waals surface area contributed by atoms with Crippen LogP contribution in [0.15, 0.2) is 36.7 Å². The highest BCUT2D eigenvalue weighted by molar-refractivity contribution is 5.62. The fourth-order valence-corrected chi connectivity index (χ4v) is 1.69. The number of hydrogen-bond donors (Lipinski definition) is 1. The van der Waals surface area contributed by atoms with E-state index >= 15 is 0 Å². The summed E-state index contributed by atoms with van der Waals surface area (Å²) in [6, 6.07) is 7.85. The van der Waals surface area contributed by atoms with Crippen molar-refractivity contribution in [3.05, 3.63) is 42.4 Å². The molecule has 4 heteroatoms. The van der Waals surface area contributed by atoms with E-state index in [0.717, 1.165) is 35.7 Å². The Bertz CT molecular complexity index is 497. The highest BCUT2D eigenvalue weighted by Crippen LogP contribution is 2.22. The van der Waals surface area contributed by atoms with E-state index in [1.807, 2.05) is 24.3 Å². The molecule has 0 aliphatic carbocycles. The number of aromatic nitrogens is 2. The van der Waals surface area contributed by atoms with E-state index in [9.17, 15) is 0 Å². The van der Waals surface area contributed by atoms with Crippen LogP contribution in [0.5, 0.6) is 5.75 Å². The normalized spacial score (nSPS) is 10.3. The molecular formula is C14H17N3O. The van der Waals surface area contributed by atoms with E-state index in [2.05, 4.69) is 16.9 Å². The minimum absolute atomic E-state index is 0.386. The van der Waals surface area contributed by atoms with E-state index in [4.69, 9.17) is 10.5 Å². The fourth-order valence-electron chi connectivity index (χ4n) is 1.69. The SMILES string of the molecule is CCCOc1ccc(-c2nccnc2CN)cc1. The van der Waals surface area contributed by atoms with Crippen molar-refractivity contribution in [3.63, 3.8) is 0 Å². The Morgan fingerprint density at radius 2 is 1.83 bits per heavy atom. The van der Waals surface area contributed by atoms with Gasteiger partial charge >= 0.3 is 0 Å². The third kappa shape index (κ3) is 2.84. The maximum absolute atomic E-state index is 5.66. The zero-order chi connectivity index (χ0) is 12.8. The van der Waals surface area contributed by atoms with Gasteiger partial charge in [-0.15, -0.1) is 0 Å². The van der Waals surface area contributed by atoms with Crippen molar-refractivity contribution in [2.24, 2.45) is 5.73 Å². The van der Waals surface area contributed by atoms with Gasteiger partial charge in [0.25, 0.3) is 0 Å². The van der Waals surface area contributed by atoms with Gasteiger partial charge in [0.05, 0.1) is 18.0 Å². The lowest BCUT2D eigenvalue weighted by Crippen LogP contribution is -2.03. The van der Waals surface area contributed by atoms with Gasteiger partial charge in [-0.2, -0.15) is 0 Å². The number of ether oxygens (including phenoxy) is 1. The molecule has 1 aromatic carbocycles. The topological polar surface area (TPSA) is 61.0 Å². The number of hydrogen-bond acceptors (Lipinski definition) is 4. The summed E-state index contributed by atoms with van der Waals surface area (Å²) >= 11 is 0. The zero-order valence-electron chi connectivity index (χ0n) is 10.5. The molecule has 0 saturated carbocycles. The molecule has 0 saturated heterocycles. The molecule has 0 atom stereocenters. The molecule has 2 rings (SSSR count). The van der Waals surface area contributed by atoms with Crippen molar-refractivity contribution in [2.45, 2.75) is 19.9 Å². The molecule has 2 aromatic rings. The van der Waals surface area contributed by atoms with Crippen molar-refractivity contribution in [2.75, 3.05) is 6.61 Å². The first-order valence-electron chi connectivity index (χ1n) is 6.08. The maximum atomic E-state index is 5.66. The number of rotatable bonds is 5. The van der Waals surface area contributed by atoms with Crippen molar-refractivity contribution in [1.82, 2.24) is 9.97 Å². The smallest absolute Gasteiger partial charge is 0.119 e. The second-order valence-electron chi connectivity index (χ2n) is 3.93. The molecule has 1 heterocycles. The molecule has 4 nitrogen and oxygen atoms in total. The standard InChI is InChI=1S/C14H17N3O/c1-2-9-18-12-5-3-11(4-6-12)14-13(10-15)16-7-8-17-14/h3-8H,2,9-10,15H2,1H3. The Hall–Kier alpha value is -1.94. The Morgan fingerprint density at radius 1 is 1.11 bits per heavy atom. The van der Waals surface area contributed by atoms with Crippen LogP contribution in [0.3, 0.4) is 0 Å². The zero-order valence-corrected chi connectivity index (χ0v) is 10.5. The molecule has 0 unspecified atom stereocenters. The first-order chi connectivity index (χ1) is 8.85. The number of nitrogens with two attached hydrogens (primary N) is 1. The molecule has 0 radical (unpaired) electrons. The predicted octanol–water partition coefficient (Wildman–Crippen LogP) is 2.39. The highest BCUT2D eigenvalue weighted by Gasteiger charge is 2.06. The van der Waals surface area contributed by atoms with Crippen LogP contribution in [0.25, 0.3) is 11.3 Å². The van der Waals surface area contributed by atoms with Gasteiger partial charge in [0.2, 0.25) is 0 Å². The molecule has 2 N–H and O–H groups in total. The molecule has 1 aromatic heterocycles. The molecule has 0 aliphatic heterocycles. The second-order valence-corrected chi connectivity index (χ2v) is 3.93. The summed E-state index contributed by atoms with van der Waals surface area (Å²) in [4.78, 5) is 8.56. The molecule has 0 fully saturated rings. The van der Waals surface area contributed by atoms with Gasteiger partial charge in [-0.1, -0.05) is 6.92 Å². The van der Waals surface area contributed by atoms with Crippen molar-refractivity contribution >= 4 is 0 Å². The van der Waals surface area contributed by atoms with Gasteiger partial charge in [0.15, 0.2) is 0 Å². The lowest BCUT2D eigenvalue weighted by molar-refractivity contribution is 0.317. The van der Waals surface area contributed by atoms with Crippen LogP contribution < -0.4 is 10.5 Å². The van der Waals surface area contributed by atoms with Gasteiger partial charge in [0.1, 0.15) is 5.75 Å². The summed E-state index contributed by atoms with van der Waals surface area (Å²) in [7, 11) is 0. The Kier molecular flexibility index (Phi) is 4.25. The molecule has 0 amide bonds. The summed E-state index contributed by atoms with van der Waals surface area (Å²) in [5, 5.41) is 0. The van der Waals surface area contributed by atoms with Crippen LogP contribution in [0, 0.1) is 0 Å². The third-order valence-electron chi connectivity index (χ3n) is 2.57. The van der Waals surface area contributed by atoms with E-state index in [1.165, 1.54) is 0 Å². The monoisotopic (exact) mass is 243 g/mol. The maximum Gasteiger partial charge on any atom is 0.119 e. The molecule has 18 heavy (non-hydrogen) atoms.